The molecule has 1 fully saturated rings. The Balaban J connectivity index is 2.09. The molecule has 0 heterocycles. The lowest BCUT2D eigenvalue weighted by Crippen LogP contribution is -2.14. The van der Waals surface area contributed by atoms with Gasteiger partial charge in [0.05, 0.1) is 14.2 Å². The van der Waals surface area contributed by atoms with Gasteiger partial charge in [0.1, 0.15) is 11.5 Å². The highest BCUT2D eigenvalue weighted by Crippen LogP contribution is 2.45. The van der Waals surface area contributed by atoms with Crippen LogP contribution in [0.25, 0.3) is 11.1 Å². The molecule has 0 radical (unpaired) electrons. The molecule has 3 rings (SSSR count). The molecule has 2 aromatic carbocycles. The van der Waals surface area contributed by atoms with E-state index in [-0.39, 0.29) is 6.04 Å². The van der Waals surface area contributed by atoms with Crippen molar-refractivity contribution in [2.45, 2.75) is 18.9 Å². The molecule has 2 aromatic rings. The zero-order chi connectivity index (χ0) is 14.8. The lowest BCUT2D eigenvalue weighted by molar-refractivity contribution is 0.394. The van der Waals surface area contributed by atoms with Crippen molar-refractivity contribution >= 4 is 0 Å². The third-order valence-corrected chi connectivity index (χ3v) is 4.13. The number of rotatable bonds is 5. The van der Waals surface area contributed by atoms with E-state index >= 15 is 0 Å². The van der Waals surface area contributed by atoms with Gasteiger partial charge in [-0.1, -0.05) is 30.3 Å². The maximum Gasteiger partial charge on any atom is 0.127 e. The number of benzene rings is 2. The summed E-state index contributed by atoms with van der Waals surface area (Å²) < 4.78 is 11.1. The van der Waals surface area contributed by atoms with Crippen LogP contribution in [0.1, 0.15) is 24.4 Å². The summed E-state index contributed by atoms with van der Waals surface area (Å²) >= 11 is 0. The summed E-state index contributed by atoms with van der Waals surface area (Å²) in [7, 11) is 3.39. The highest BCUT2D eigenvalue weighted by Gasteiger charge is 2.32. The van der Waals surface area contributed by atoms with Gasteiger partial charge in [0.2, 0.25) is 0 Å². The zero-order valence-electron chi connectivity index (χ0n) is 12.5. The van der Waals surface area contributed by atoms with E-state index in [0.717, 1.165) is 28.2 Å². The Kier molecular flexibility index (Phi) is 3.84. The Morgan fingerprint density at radius 3 is 2.24 bits per heavy atom. The van der Waals surface area contributed by atoms with Crippen LogP contribution in [0, 0.1) is 5.92 Å². The van der Waals surface area contributed by atoms with E-state index in [9.17, 15) is 0 Å². The van der Waals surface area contributed by atoms with Crippen molar-refractivity contribution in [1.29, 1.82) is 0 Å². The number of methoxy groups -OCH3 is 2. The lowest BCUT2D eigenvalue weighted by Gasteiger charge is -2.19. The fourth-order valence-corrected chi connectivity index (χ4v) is 2.73. The molecule has 1 unspecified atom stereocenters. The van der Waals surface area contributed by atoms with Gasteiger partial charge in [-0.25, -0.2) is 0 Å². The standard InChI is InChI=1S/C18H21NO2/c1-20-16-11-15(18(19)13-8-9-13)17(21-2)10-14(16)12-6-4-3-5-7-12/h3-7,10-11,13,18H,8-9,19H2,1-2H3. The molecule has 0 bridgehead atoms. The van der Waals surface area contributed by atoms with Crippen molar-refractivity contribution in [2.24, 2.45) is 11.7 Å². The van der Waals surface area contributed by atoms with Gasteiger partial charge < -0.3 is 15.2 Å². The molecule has 0 aromatic heterocycles. The third-order valence-electron chi connectivity index (χ3n) is 4.13. The van der Waals surface area contributed by atoms with Crippen LogP contribution in [-0.4, -0.2) is 14.2 Å². The van der Waals surface area contributed by atoms with E-state index in [2.05, 4.69) is 12.1 Å². The molecule has 1 aliphatic rings. The highest BCUT2D eigenvalue weighted by atomic mass is 16.5. The molecule has 1 aliphatic carbocycles. The first kappa shape index (κ1) is 14.0. The quantitative estimate of drug-likeness (QED) is 0.908. The van der Waals surface area contributed by atoms with Crippen LogP contribution in [0.2, 0.25) is 0 Å². The molecule has 3 nitrogen and oxygen atoms in total. The molecule has 0 spiro atoms. The van der Waals surface area contributed by atoms with Crippen LogP contribution in [0.15, 0.2) is 42.5 Å². The minimum absolute atomic E-state index is 0.0265. The van der Waals surface area contributed by atoms with E-state index in [1.807, 2.05) is 30.3 Å². The zero-order valence-corrected chi connectivity index (χ0v) is 12.5. The van der Waals surface area contributed by atoms with E-state index in [4.69, 9.17) is 15.2 Å². The Bertz CT molecular complexity index is 621. The monoisotopic (exact) mass is 283 g/mol. The first-order chi connectivity index (χ1) is 10.2. The van der Waals surface area contributed by atoms with Crippen molar-refractivity contribution in [3.63, 3.8) is 0 Å². The van der Waals surface area contributed by atoms with Gasteiger partial charge >= 0.3 is 0 Å². The van der Waals surface area contributed by atoms with Crippen LogP contribution in [0.4, 0.5) is 0 Å². The molecule has 0 aliphatic heterocycles. The molecule has 1 atom stereocenters. The van der Waals surface area contributed by atoms with Crippen molar-refractivity contribution < 1.29 is 9.47 Å². The van der Waals surface area contributed by atoms with E-state index < -0.39 is 0 Å². The topological polar surface area (TPSA) is 44.5 Å². The van der Waals surface area contributed by atoms with Gasteiger partial charge in [-0.05, 0) is 36.5 Å². The minimum atomic E-state index is 0.0265. The summed E-state index contributed by atoms with van der Waals surface area (Å²) in [5.41, 5.74) is 9.53. The average molecular weight is 283 g/mol. The summed E-state index contributed by atoms with van der Waals surface area (Å²) in [6.07, 6.45) is 2.40. The van der Waals surface area contributed by atoms with Gasteiger partial charge in [-0.2, -0.15) is 0 Å². The minimum Gasteiger partial charge on any atom is -0.496 e. The summed E-state index contributed by atoms with van der Waals surface area (Å²) in [6.45, 7) is 0. The molecule has 3 heteroatoms. The van der Waals surface area contributed by atoms with Gasteiger partial charge in [0.25, 0.3) is 0 Å². The van der Waals surface area contributed by atoms with E-state index in [1.54, 1.807) is 14.2 Å². The summed E-state index contributed by atoms with van der Waals surface area (Å²) in [4.78, 5) is 0. The number of hydrogen-bond donors (Lipinski definition) is 1. The normalized spacial score (nSPS) is 15.6. The summed E-state index contributed by atoms with van der Waals surface area (Å²) in [6, 6.07) is 14.3. The largest absolute Gasteiger partial charge is 0.496 e. The average Bonchev–Trinajstić information content (AvgIpc) is 3.38. The number of ether oxygens (including phenoxy) is 2. The van der Waals surface area contributed by atoms with Crippen LogP contribution in [0.3, 0.4) is 0 Å². The van der Waals surface area contributed by atoms with Crippen molar-refractivity contribution in [3.05, 3.63) is 48.0 Å². The molecule has 21 heavy (non-hydrogen) atoms. The first-order valence-electron chi connectivity index (χ1n) is 7.31. The second-order valence-electron chi connectivity index (χ2n) is 5.52. The Morgan fingerprint density at radius 2 is 1.67 bits per heavy atom. The molecule has 0 saturated heterocycles. The Labute approximate surface area is 125 Å². The maximum atomic E-state index is 6.35. The molecule has 2 N–H and O–H groups in total. The van der Waals surface area contributed by atoms with Crippen LogP contribution in [-0.2, 0) is 0 Å². The van der Waals surface area contributed by atoms with Crippen molar-refractivity contribution in [2.75, 3.05) is 14.2 Å². The van der Waals surface area contributed by atoms with Gasteiger partial charge in [0.15, 0.2) is 0 Å². The van der Waals surface area contributed by atoms with Crippen molar-refractivity contribution in [1.82, 2.24) is 0 Å². The third kappa shape index (κ3) is 2.74. The lowest BCUT2D eigenvalue weighted by atomic mass is 9.96. The second kappa shape index (κ2) is 5.78. The second-order valence-corrected chi connectivity index (χ2v) is 5.52. The van der Waals surface area contributed by atoms with Crippen LogP contribution >= 0.6 is 0 Å². The smallest absolute Gasteiger partial charge is 0.127 e. The predicted octanol–water partition coefficient (Wildman–Crippen LogP) is 3.78. The molecular weight excluding hydrogens is 262 g/mol. The van der Waals surface area contributed by atoms with Gasteiger partial charge in [-0.3, -0.25) is 0 Å². The summed E-state index contributed by atoms with van der Waals surface area (Å²) in [5, 5.41) is 0. The Morgan fingerprint density at radius 1 is 1.00 bits per heavy atom. The molecular formula is C18H21NO2. The SMILES string of the molecule is COc1cc(C(N)C2CC2)c(OC)cc1-c1ccccc1. The fraction of sp³-hybridized carbons (Fsp3) is 0.333. The predicted molar refractivity (Wildman–Crippen MR) is 84.6 cm³/mol. The number of hydrogen-bond acceptors (Lipinski definition) is 3. The molecule has 0 amide bonds. The molecule has 110 valence electrons. The van der Waals surface area contributed by atoms with E-state index in [0.29, 0.717) is 5.92 Å². The fourth-order valence-electron chi connectivity index (χ4n) is 2.73. The highest BCUT2D eigenvalue weighted by molar-refractivity contribution is 5.73. The first-order valence-corrected chi connectivity index (χ1v) is 7.31. The van der Waals surface area contributed by atoms with Gasteiger partial charge in [-0.15, -0.1) is 0 Å². The maximum absolute atomic E-state index is 6.35. The number of nitrogens with two attached hydrogens (primary N) is 1. The Hall–Kier alpha value is -2.00. The van der Waals surface area contributed by atoms with Crippen LogP contribution < -0.4 is 15.2 Å². The van der Waals surface area contributed by atoms with Crippen molar-refractivity contribution in [3.8, 4) is 22.6 Å². The van der Waals surface area contributed by atoms with Crippen LogP contribution in [0.5, 0.6) is 11.5 Å². The molecule has 1 saturated carbocycles. The summed E-state index contributed by atoms with van der Waals surface area (Å²) in [5.74, 6) is 2.26. The van der Waals surface area contributed by atoms with E-state index in [1.165, 1.54) is 12.8 Å². The van der Waals surface area contributed by atoms with Gasteiger partial charge in [0, 0.05) is 17.2 Å².